The van der Waals surface area contributed by atoms with Crippen LogP contribution in [0.5, 0.6) is 0 Å². The summed E-state index contributed by atoms with van der Waals surface area (Å²) in [5, 5.41) is 3.92. The maximum Gasteiger partial charge on any atom is 0.341 e. The van der Waals surface area contributed by atoms with Crippen LogP contribution < -0.4 is 10.9 Å². The number of rotatable bonds is 6. The first-order valence-corrected chi connectivity index (χ1v) is 10.3. The number of carbonyl (C=O) groups is 2. The van der Waals surface area contributed by atoms with Crippen LogP contribution in [-0.2, 0) is 22.5 Å². The Hall–Kier alpha value is -2.71. The zero-order valence-corrected chi connectivity index (χ0v) is 17.8. The fourth-order valence-electron chi connectivity index (χ4n) is 3.08. The number of aromatic nitrogens is 2. The highest BCUT2D eigenvalue weighted by molar-refractivity contribution is 7.16. The van der Waals surface area contributed by atoms with Gasteiger partial charge in [-0.2, -0.15) is 0 Å². The number of anilines is 1. The molecule has 152 valence electrons. The number of benzene rings is 1. The molecule has 0 aliphatic rings. The predicted molar refractivity (Wildman–Crippen MR) is 114 cm³/mol. The van der Waals surface area contributed by atoms with E-state index in [2.05, 4.69) is 10.3 Å². The SMILES string of the molecule is CCOC(=O)c1c(NC(=O)Cn2cnc3ccc(Cl)cc3c2=O)sc(C)c1CC. The van der Waals surface area contributed by atoms with Gasteiger partial charge in [-0.05, 0) is 44.0 Å². The van der Waals surface area contributed by atoms with E-state index in [1.807, 2.05) is 13.8 Å². The summed E-state index contributed by atoms with van der Waals surface area (Å²) < 4.78 is 6.35. The van der Waals surface area contributed by atoms with Crippen molar-refractivity contribution in [1.82, 2.24) is 9.55 Å². The van der Waals surface area contributed by atoms with Gasteiger partial charge in [0.15, 0.2) is 0 Å². The number of thiophene rings is 1. The fraction of sp³-hybridized carbons (Fsp3) is 0.300. The molecule has 9 heteroatoms. The molecule has 0 bridgehead atoms. The lowest BCUT2D eigenvalue weighted by Crippen LogP contribution is -2.28. The first-order chi connectivity index (χ1) is 13.8. The molecule has 2 heterocycles. The summed E-state index contributed by atoms with van der Waals surface area (Å²) in [7, 11) is 0. The van der Waals surface area contributed by atoms with Gasteiger partial charge in [0.2, 0.25) is 5.91 Å². The van der Waals surface area contributed by atoms with E-state index in [0.29, 0.717) is 32.9 Å². The minimum atomic E-state index is -0.469. The molecule has 1 amide bonds. The Balaban J connectivity index is 1.88. The number of hydrogen-bond donors (Lipinski definition) is 1. The minimum absolute atomic E-state index is 0.241. The third-order valence-electron chi connectivity index (χ3n) is 4.40. The number of nitrogens with one attached hydrogen (secondary N) is 1. The summed E-state index contributed by atoms with van der Waals surface area (Å²) in [6.07, 6.45) is 1.96. The lowest BCUT2D eigenvalue weighted by molar-refractivity contribution is -0.116. The summed E-state index contributed by atoms with van der Waals surface area (Å²) in [6, 6.07) is 4.82. The Morgan fingerprint density at radius 1 is 1.31 bits per heavy atom. The zero-order chi connectivity index (χ0) is 21.1. The van der Waals surface area contributed by atoms with Gasteiger partial charge in [-0.3, -0.25) is 14.2 Å². The van der Waals surface area contributed by atoms with Gasteiger partial charge in [0.05, 0.1) is 29.4 Å². The van der Waals surface area contributed by atoms with E-state index < -0.39 is 11.9 Å². The standard InChI is InChI=1S/C20H20ClN3O4S/c1-4-13-11(3)29-18(17(13)20(27)28-5-2)23-16(25)9-24-10-22-15-7-6-12(21)8-14(15)19(24)26/h6-8,10H,4-5,9H2,1-3H3,(H,23,25). The highest BCUT2D eigenvalue weighted by atomic mass is 35.5. The molecule has 1 N–H and O–H groups in total. The fourth-order valence-corrected chi connectivity index (χ4v) is 4.40. The summed E-state index contributed by atoms with van der Waals surface area (Å²) in [5.41, 5.74) is 1.36. The monoisotopic (exact) mass is 433 g/mol. The first kappa shape index (κ1) is 21.0. The number of halogens is 1. The second kappa shape index (κ2) is 8.75. The van der Waals surface area contributed by atoms with E-state index in [1.165, 1.54) is 28.3 Å². The molecule has 0 atom stereocenters. The molecule has 2 aromatic heterocycles. The molecule has 0 saturated carbocycles. The van der Waals surface area contributed by atoms with Gasteiger partial charge in [-0.1, -0.05) is 18.5 Å². The molecule has 29 heavy (non-hydrogen) atoms. The number of aryl methyl sites for hydroxylation is 1. The number of ether oxygens (including phenoxy) is 1. The molecular formula is C20H20ClN3O4S. The number of fused-ring (bicyclic) bond motifs is 1. The van der Waals surface area contributed by atoms with Crippen LogP contribution in [0.25, 0.3) is 10.9 Å². The lowest BCUT2D eigenvalue weighted by atomic mass is 10.1. The van der Waals surface area contributed by atoms with Crippen LogP contribution in [0.3, 0.4) is 0 Å². The normalized spacial score (nSPS) is 10.9. The van der Waals surface area contributed by atoms with Crippen molar-refractivity contribution < 1.29 is 14.3 Å². The van der Waals surface area contributed by atoms with Crippen LogP contribution in [0.1, 0.15) is 34.6 Å². The third-order valence-corrected chi connectivity index (χ3v) is 5.69. The maximum atomic E-state index is 12.6. The summed E-state index contributed by atoms with van der Waals surface area (Å²) in [5.74, 6) is -0.909. The molecule has 3 rings (SSSR count). The van der Waals surface area contributed by atoms with Crippen molar-refractivity contribution in [1.29, 1.82) is 0 Å². The van der Waals surface area contributed by atoms with Crippen LogP contribution in [0.15, 0.2) is 29.3 Å². The molecule has 3 aromatic rings. The van der Waals surface area contributed by atoms with Crippen LogP contribution in [0, 0.1) is 6.92 Å². The predicted octanol–water partition coefficient (Wildman–Crippen LogP) is 3.80. The van der Waals surface area contributed by atoms with Gasteiger partial charge in [-0.25, -0.2) is 9.78 Å². The van der Waals surface area contributed by atoms with Crippen LogP contribution >= 0.6 is 22.9 Å². The number of amides is 1. The van der Waals surface area contributed by atoms with Gasteiger partial charge < -0.3 is 10.1 Å². The molecule has 0 spiro atoms. The molecule has 0 radical (unpaired) electrons. The first-order valence-electron chi connectivity index (χ1n) is 9.09. The minimum Gasteiger partial charge on any atom is -0.462 e. The van der Waals surface area contributed by atoms with Crippen LogP contribution in [-0.4, -0.2) is 28.0 Å². The van der Waals surface area contributed by atoms with Gasteiger partial charge in [0.25, 0.3) is 5.56 Å². The van der Waals surface area contributed by atoms with E-state index in [1.54, 1.807) is 19.1 Å². The summed E-state index contributed by atoms with van der Waals surface area (Å²) in [4.78, 5) is 42.8. The smallest absolute Gasteiger partial charge is 0.341 e. The Morgan fingerprint density at radius 2 is 2.07 bits per heavy atom. The van der Waals surface area contributed by atoms with E-state index in [9.17, 15) is 14.4 Å². The average molecular weight is 434 g/mol. The second-order valence-electron chi connectivity index (χ2n) is 6.30. The van der Waals surface area contributed by atoms with E-state index >= 15 is 0 Å². The largest absolute Gasteiger partial charge is 0.462 e. The van der Waals surface area contributed by atoms with Gasteiger partial charge in [0.1, 0.15) is 11.5 Å². The number of nitrogens with zero attached hydrogens (tertiary/aromatic N) is 2. The van der Waals surface area contributed by atoms with Crippen molar-refractivity contribution in [3.63, 3.8) is 0 Å². The van der Waals surface area contributed by atoms with Crippen molar-refractivity contribution in [2.24, 2.45) is 0 Å². The van der Waals surface area contributed by atoms with Crippen molar-refractivity contribution in [2.45, 2.75) is 33.7 Å². The maximum absolute atomic E-state index is 12.6. The Morgan fingerprint density at radius 3 is 2.76 bits per heavy atom. The average Bonchev–Trinajstić information content (AvgIpc) is 2.99. The zero-order valence-electron chi connectivity index (χ0n) is 16.2. The molecule has 7 nitrogen and oxygen atoms in total. The number of esters is 1. The summed E-state index contributed by atoms with van der Waals surface area (Å²) >= 11 is 7.28. The van der Waals surface area contributed by atoms with Gasteiger partial charge in [-0.15, -0.1) is 11.3 Å². The Kier molecular flexibility index (Phi) is 6.34. The highest BCUT2D eigenvalue weighted by Gasteiger charge is 2.23. The van der Waals surface area contributed by atoms with E-state index in [0.717, 1.165) is 10.4 Å². The van der Waals surface area contributed by atoms with Crippen molar-refractivity contribution in [2.75, 3.05) is 11.9 Å². The molecule has 0 aliphatic heterocycles. The topological polar surface area (TPSA) is 90.3 Å². The Bertz CT molecular complexity index is 1150. The molecule has 0 unspecified atom stereocenters. The third kappa shape index (κ3) is 4.33. The van der Waals surface area contributed by atoms with Crippen LogP contribution in [0.4, 0.5) is 5.00 Å². The quantitative estimate of drug-likeness (QED) is 0.597. The van der Waals surface area contributed by atoms with Crippen molar-refractivity contribution in [3.05, 3.63) is 55.9 Å². The van der Waals surface area contributed by atoms with Gasteiger partial charge >= 0.3 is 5.97 Å². The van der Waals surface area contributed by atoms with Crippen LogP contribution in [0.2, 0.25) is 5.02 Å². The van der Waals surface area contributed by atoms with E-state index in [4.69, 9.17) is 16.3 Å². The van der Waals surface area contributed by atoms with Crippen molar-refractivity contribution in [3.8, 4) is 0 Å². The molecular weight excluding hydrogens is 414 g/mol. The Labute approximate surface area is 176 Å². The molecule has 1 aromatic carbocycles. The number of hydrogen-bond acceptors (Lipinski definition) is 6. The number of carbonyl (C=O) groups excluding carboxylic acids is 2. The highest BCUT2D eigenvalue weighted by Crippen LogP contribution is 2.34. The second-order valence-corrected chi connectivity index (χ2v) is 7.96. The van der Waals surface area contributed by atoms with E-state index in [-0.39, 0.29) is 18.7 Å². The molecule has 0 saturated heterocycles. The molecule has 0 fully saturated rings. The molecule has 0 aliphatic carbocycles. The summed E-state index contributed by atoms with van der Waals surface area (Å²) in [6.45, 7) is 5.56. The van der Waals surface area contributed by atoms with Crippen molar-refractivity contribution >= 4 is 50.7 Å². The lowest BCUT2D eigenvalue weighted by Gasteiger charge is -2.09. The van der Waals surface area contributed by atoms with Gasteiger partial charge in [0, 0.05) is 9.90 Å².